The molecule has 1 heterocycles. The standard InChI is InChI=1S/C23H19ClFN3O4S2/c1-32-14-13-28-21-19(25)3-2-4-20(21)33-23(28)26-22(29)15-5-9-17(10-6-15)27-34(30,31)18-11-7-16(24)8-12-18/h2-12,27H,13-14H2,1H3. The van der Waals surface area contributed by atoms with Crippen LogP contribution in [0.3, 0.4) is 0 Å². The number of nitrogens with one attached hydrogen (secondary N) is 1. The highest BCUT2D eigenvalue weighted by atomic mass is 35.5. The summed E-state index contributed by atoms with van der Waals surface area (Å²) in [6.45, 7) is 0.652. The monoisotopic (exact) mass is 519 g/mol. The molecule has 0 spiro atoms. The Kier molecular flexibility index (Phi) is 7.13. The number of carbonyl (C=O) groups excluding carboxylic acids is 1. The number of hydrogen-bond donors (Lipinski definition) is 1. The van der Waals surface area contributed by atoms with Crippen molar-refractivity contribution in [1.29, 1.82) is 0 Å². The number of hydrogen-bond acceptors (Lipinski definition) is 5. The van der Waals surface area contributed by atoms with Gasteiger partial charge >= 0.3 is 0 Å². The summed E-state index contributed by atoms with van der Waals surface area (Å²) in [7, 11) is -2.27. The summed E-state index contributed by atoms with van der Waals surface area (Å²) in [6.07, 6.45) is 0. The van der Waals surface area contributed by atoms with Gasteiger partial charge in [0.25, 0.3) is 15.9 Å². The van der Waals surface area contributed by atoms with E-state index in [1.54, 1.807) is 16.7 Å². The van der Waals surface area contributed by atoms with Crippen LogP contribution in [0.2, 0.25) is 5.02 Å². The molecule has 1 amide bonds. The van der Waals surface area contributed by atoms with Gasteiger partial charge < -0.3 is 9.30 Å². The number of para-hydroxylation sites is 1. The number of methoxy groups -OCH3 is 1. The molecule has 0 saturated heterocycles. The van der Waals surface area contributed by atoms with E-state index in [4.69, 9.17) is 16.3 Å². The van der Waals surface area contributed by atoms with E-state index in [0.29, 0.717) is 33.2 Å². The number of thiazole rings is 1. The van der Waals surface area contributed by atoms with Crippen LogP contribution in [-0.4, -0.2) is 32.6 Å². The van der Waals surface area contributed by atoms with Crippen LogP contribution < -0.4 is 9.52 Å². The predicted molar refractivity (Wildman–Crippen MR) is 130 cm³/mol. The van der Waals surface area contributed by atoms with Gasteiger partial charge in [-0.15, -0.1) is 0 Å². The molecule has 0 fully saturated rings. The smallest absolute Gasteiger partial charge is 0.279 e. The molecule has 0 bridgehead atoms. The Hall–Kier alpha value is -3.05. The zero-order chi connectivity index (χ0) is 24.3. The van der Waals surface area contributed by atoms with Crippen molar-refractivity contribution < 1.29 is 22.3 Å². The summed E-state index contributed by atoms with van der Waals surface area (Å²) in [5.74, 6) is -0.943. The van der Waals surface area contributed by atoms with Gasteiger partial charge in [0.05, 0.1) is 21.7 Å². The van der Waals surface area contributed by atoms with E-state index < -0.39 is 21.7 Å². The zero-order valence-corrected chi connectivity index (χ0v) is 20.3. The minimum absolute atomic E-state index is 0.0599. The molecule has 34 heavy (non-hydrogen) atoms. The number of sulfonamides is 1. The van der Waals surface area contributed by atoms with E-state index in [-0.39, 0.29) is 16.1 Å². The number of fused-ring (bicyclic) bond motifs is 1. The maximum absolute atomic E-state index is 14.4. The third-order valence-electron chi connectivity index (χ3n) is 4.88. The number of ether oxygens (including phenoxy) is 1. The van der Waals surface area contributed by atoms with E-state index in [0.717, 1.165) is 0 Å². The lowest BCUT2D eigenvalue weighted by atomic mass is 10.2. The third kappa shape index (κ3) is 5.20. The Bertz CT molecular complexity index is 1510. The Labute approximate surface area is 204 Å². The van der Waals surface area contributed by atoms with Crippen molar-refractivity contribution in [2.45, 2.75) is 11.4 Å². The molecule has 4 aromatic rings. The first-order chi connectivity index (χ1) is 16.3. The van der Waals surface area contributed by atoms with Gasteiger partial charge in [0, 0.05) is 29.9 Å². The van der Waals surface area contributed by atoms with E-state index in [1.165, 1.54) is 73.0 Å². The average Bonchev–Trinajstić information content (AvgIpc) is 3.16. The molecule has 0 unspecified atom stereocenters. The lowest BCUT2D eigenvalue weighted by Crippen LogP contribution is -2.20. The molecule has 0 radical (unpaired) electrons. The van der Waals surface area contributed by atoms with E-state index in [9.17, 15) is 17.6 Å². The average molecular weight is 520 g/mol. The highest BCUT2D eigenvalue weighted by Gasteiger charge is 2.15. The maximum Gasteiger partial charge on any atom is 0.279 e. The van der Waals surface area contributed by atoms with Gasteiger partial charge in [0.1, 0.15) is 5.82 Å². The normalized spacial score (nSPS) is 12.3. The van der Waals surface area contributed by atoms with Crippen LogP contribution in [0.1, 0.15) is 10.4 Å². The van der Waals surface area contributed by atoms with Gasteiger partial charge in [0.2, 0.25) is 0 Å². The highest BCUT2D eigenvalue weighted by molar-refractivity contribution is 7.92. The number of amides is 1. The molecular weight excluding hydrogens is 501 g/mol. The van der Waals surface area contributed by atoms with Gasteiger partial charge in [-0.2, -0.15) is 4.99 Å². The van der Waals surface area contributed by atoms with Crippen molar-refractivity contribution in [3.8, 4) is 0 Å². The number of aromatic nitrogens is 1. The molecule has 11 heteroatoms. The van der Waals surface area contributed by atoms with Crippen molar-refractivity contribution in [3.63, 3.8) is 0 Å². The molecule has 0 aliphatic rings. The molecule has 0 aliphatic carbocycles. The highest BCUT2D eigenvalue weighted by Crippen LogP contribution is 2.21. The number of carbonyl (C=O) groups is 1. The topological polar surface area (TPSA) is 89.8 Å². The van der Waals surface area contributed by atoms with Crippen molar-refractivity contribution in [1.82, 2.24) is 4.57 Å². The van der Waals surface area contributed by atoms with Crippen molar-refractivity contribution >= 4 is 54.8 Å². The predicted octanol–water partition coefficient (Wildman–Crippen LogP) is 4.68. The second-order valence-corrected chi connectivity index (χ2v) is 10.3. The summed E-state index contributed by atoms with van der Waals surface area (Å²) in [5, 5.41) is 0.426. The fourth-order valence-corrected chi connectivity index (χ4v) is 5.48. The van der Waals surface area contributed by atoms with Crippen LogP contribution in [0.5, 0.6) is 0 Å². The first kappa shape index (κ1) is 24.1. The number of nitrogens with zero attached hydrogens (tertiary/aromatic N) is 2. The lowest BCUT2D eigenvalue weighted by Gasteiger charge is -2.08. The van der Waals surface area contributed by atoms with E-state index in [2.05, 4.69) is 9.71 Å². The molecule has 7 nitrogen and oxygen atoms in total. The maximum atomic E-state index is 14.4. The summed E-state index contributed by atoms with van der Waals surface area (Å²) >= 11 is 7.01. The molecule has 0 atom stereocenters. The molecule has 1 N–H and O–H groups in total. The second kappa shape index (κ2) is 10.1. The van der Waals surface area contributed by atoms with Gasteiger partial charge in [-0.05, 0) is 60.7 Å². The summed E-state index contributed by atoms with van der Waals surface area (Å²) in [6, 6.07) is 16.4. The van der Waals surface area contributed by atoms with Gasteiger partial charge in [-0.3, -0.25) is 9.52 Å². The fraction of sp³-hybridized carbons (Fsp3) is 0.130. The van der Waals surface area contributed by atoms with Crippen LogP contribution in [0, 0.1) is 5.82 Å². The first-order valence-electron chi connectivity index (χ1n) is 10.0. The summed E-state index contributed by atoms with van der Waals surface area (Å²) in [5.41, 5.74) is 0.902. The minimum atomic E-state index is -3.81. The third-order valence-corrected chi connectivity index (χ3v) is 7.57. The largest absolute Gasteiger partial charge is 0.383 e. The quantitative estimate of drug-likeness (QED) is 0.384. The van der Waals surface area contributed by atoms with Crippen LogP contribution in [0.15, 0.2) is 76.6 Å². The van der Waals surface area contributed by atoms with Crippen molar-refractivity contribution in [3.05, 3.63) is 87.9 Å². The fourth-order valence-electron chi connectivity index (χ4n) is 3.22. The molecule has 0 aliphatic heterocycles. The molecule has 176 valence electrons. The van der Waals surface area contributed by atoms with Crippen LogP contribution in [0.4, 0.5) is 10.1 Å². The lowest BCUT2D eigenvalue weighted by molar-refractivity contribution is 0.0997. The van der Waals surface area contributed by atoms with Crippen molar-refractivity contribution in [2.24, 2.45) is 4.99 Å². The van der Waals surface area contributed by atoms with Crippen molar-refractivity contribution in [2.75, 3.05) is 18.4 Å². The molecule has 1 aromatic heterocycles. The zero-order valence-electron chi connectivity index (χ0n) is 17.9. The number of halogens is 2. The Morgan fingerprint density at radius 2 is 1.82 bits per heavy atom. The molecule has 4 rings (SSSR count). The summed E-state index contributed by atoms with van der Waals surface area (Å²) < 4.78 is 49.3. The summed E-state index contributed by atoms with van der Waals surface area (Å²) in [4.78, 5) is 17.4. The molecule has 3 aromatic carbocycles. The Morgan fingerprint density at radius 3 is 2.50 bits per heavy atom. The van der Waals surface area contributed by atoms with Gasteiger partial charge in [-0.1, -0.05) is 29.0 Å². The SMILES string of the molecule is COCCn1c(=NC(=O)c2ccc(NS(=O)(=O)c3ccc(Cl)cc3)cc2)sc2cccc(F)c21. The minimum Gasteiger partial charge on any atom is -0.383 e. The van der Waals surface area contributed by atoms with Crippen LogP contribution in [0.25, 0.3) is 10.2 Å². The van der Waals surface area contributed by atoms with Gasteiger partial charge in [-0.25, -0.2) is 12.8 Å². The second-order valence-electron chi connectivity index (χ2n) is 7.17. The molecular formula is C23H19ClFN3O4S2. The molecule has 0 saturated carbocycles. The van der Waals surface area contributed by atoms with E-state index in [1.807, 2.05) is 0 Å². The van der Waals surface area contributed by atoms with Gasteiger partial charge in [0.15, 0.2) is 4.80 Å². The number of anilines is 1. The Morgan fingerprint density at radius 1 is 1.12 bits per heavy atom. The van der Waals surface area contributed by atoms with Crippen LogP contribution >= 0.6 is 22.9 Å². The van der Waals surface area contributed by atoms with Crippen LogP contribution in [-0.2, 0) is 21.3 Å². The number of benzene rings is 3. The first-order valence-corrected chi connectivity index (χ1v) is 12.7. The van der Waals surface area contributed by atoms with E-state index >= 15 is 0 Å². The Balaban J connectivity index is 1.60. The number of rotatable bonds is 7.